The number of amides is 1. The van der Waals surface area contributed by atoms with Crippen molar-refractivity contribution in [1.29, 1.82) is 0 Å². The summed E-state index contributed by atoms with van der Waals surface area (Å²) in [5.74, 6) is -4.02. The number of aromatic nitrogens is 4. The first kappa shape index (κ1) is 24.0. The summed E-state index contributed by atoms with van der Waals surface area (Å²) in [5.41, 5.74) is 13.7. The fourth-order valence-electron chi connectivity index (χ4n) is 3.02. The highest BCUT2D eigenvalue weighted by Crippen LogP contribution is 2.19. The number of hydrogen-bond acceptors (Lipinski definition) is 10. The molecule has 0 spiro atoms. The molecule has 1 unspecified atom stereocenters. The molecule has 13 nitrogen and oxygen atoms in total. The quantitative estimate of drug-likeness (QED) is 0.325. The van der Waals surface area contributed by atoms with Gasteiger partial charge in [0.1, 0.15) is 0 Å². The molecule has 13 heteroatoms. The van der Waals surface area contributed by atoms with Gasteiger partial charge in [0.15, 0.2) is 17.0 Å². The number of anilines is 3. The standard InChI is InChI=1S/C21H22N8O5/c1-29(10-13-9-24-18-16(26-13)17(22)27-21(23)28-18)14-5-2-11(3-6-14)19(32)25-8-12(20(33)34)4-7-15(30)31/h2-3,5-6,8-9,12H,4,7,10H2,1H3,(H,30,31)(H,33,34)(H4,22,23,24,27,28). The Bertz CT molecular complexity index is 1260. The summed E-state index contributed by atoms with van der Waals surface area (Å²) in [6.07, 6.45) is 2.02. The van der Waals surface area contributed by atoms with Gasteiger partial charge in [-0.2, -0.15) is 9.97 Å². The van der Waals surface area contributed by atoms with Gasteiger partial charge < -0.3 is 26.6 Å². The Kier molecular flexibility index (Phi) is 7.26. The van der Waals surface area contributed by atoms with Crippen molar-refractivity contribution in [1.82, 2.24) is 19.9 Å². The summed E-state index contributed by atoms with van der Waals surface area (Å²) in [6, 6.07) is 6.52. The molecule has 2 heterocycles. The first-order chi connectivity index (χ1) is 16.1. The lowest BCUT2D eigenvalue weighted by atomic mass is 10.1. The van der Waals surface area contributed by atoms with E-state index in [1.807, 2.05) is 11.9 Å². The van der Waals surface area contributed by atoms with Crippen molar-refractivity contribution in [2.45, 2.75) is 19.4 Å². The predicted octanol–water partition coefficient (Wildman–Crippen LogP) is 0.997. The zero-order valence-corrected chi connectivity index (χ0v) is 18.1. The van der Waals surface area contributed by atoms with Gasteiger partial charge in [0, 0.05) is 30.9 Å². The number of aliphatic carboxylic acids is 2. The maximum atomic E-state index is 12.3. The van der Waals surface area contributed by atoms with Crippen molar-refractivity contribution in [3.63, 3.8) is 0 Å². The molecule has 176 valence electrons. The lowest BCUT2D eigenvalue weighted by Crippen LogP contribution is -2.18. The van der Waals surface area contributed by atoms with Crippen LogP contribution in [0, 0.1) is 5.92 Å². The molecule has 2 aromatic heterocycles. The first-order valence-corrected chi connectivity index (χ1v) is 10.0. The van der Waals surface area contributed by atoms with Gasteiger partial charge in [-0.15, -0.1) is 0 Å². The molecule has 0 aliphatic heterocycles. The summed E-state index contributed by atoms with van der Waals surface area (Å²) >= 11 is 0. The summed E-state index contributed by atoms with van der Waals surface area (Å²) in [5, 5.41) is 17.8. The average molecular weight is 466 g/mol. The molecular weight excluding hydrogens is 444 g/mol. The van der Waals surface area contributed by atoms with E-state index >= 15 is 0 Å². The van der Waals surface area contributed by atoms with Crippen LogP contribution in [0.2, 0.25) is 0 Å². The van der Waals surface area contributed by atoms with Crippen LogP contribution in [0.15, 0.2) is 35.5 Å². The minimum Gasteiger partial charge on any atom is -0.481 e. The number of rotatable bonds is 9. The van der Waals surface area contributed by atoms with Crippen molar-refractivity contribution >= 4 is 52.7 Å². The summed E-state index contributed by atoms with van der Waals surface area (Å²) < 4.78 is 0. The van der Waals surface area contributed by atoms with Gasteiger partial charge in [-0.3, -0.25) is 14.4 Å². The molecule has 1 atom stereocenters. The molecule has 34 heavy (non-hydrogen) atoms. The molecule has 0 aliphatic carbocycles. The van der Waals surface area contributed by atoms with Crippen molar-refractivity contribution in [3.05, 3.63) is 41.7 Å². The van der Waals surface area contributed by atoms with E-state index in [2.05, 4.69) is 24.9 Å². The molecule has 1 amide bonds. The monoisotopic (exact) mass is 466 g/mol. The molecule has 0 saturated carbocycles. The van der Waals surface area contributed by atoms with E-state index in [9.17, 15) is 14.4 Å². The van der Waals surface area contributed by atoms with Crippen LogP contribution in [-0.2, 0) is 16.1 Å². The van der Waals surface area contributed by atoms with Crippen molar-refractivity contribution < 1.29 is 24.6 Å². The van der Waals surface area contributed by atoms with E-state index in [-0.39, 0.29) is 30.2 Å². The zero-order valence-electron chi connectivity index (χ0n) is 18.1. The average Bonchev–Trinajstić information content (AvgIpc) is 2.79. The number of aliphatic imine (C=N–C) groups is 1. The number of carboxylic acid groups (broad SMARTS) is 2. The molecule has 6 N–H and O–H groups in total. The second-order valence-electron chi connectivity index (χ2n) is 7.36. The molecule has 0 saturated heterocycles. The second-order valence-corrected chi connectivity index (χ2v) is 7.36. The molecular formula is C21H22N8O5. The van der Waals surface area contributed by atoms with E-state index in [1.54, 1.807) is 30.5 Å². The smallest absolute Gasteiger partial charge is 0.311 e. The number of benzene rings is 1. The van der Waals surface area contributed by atoms with Crippen LogP contribution in [0.4, 0.5) is 17.5 Å². The van der Waals surface area contributed by atoms with Crippen LogP contribution in [0.3, 0.4) is 0 Å². The minimum absolute atomic E-state index is 0.0156. The molecule has 1 aromatic carbocycles. The van der Waals surface area contributed by atoms with Crippen LogP contribution in [-0.4, -0.2) is 61.3 Å². The fraction of sp³-hybridized carbons (Fsp3) is 0.238. The van der Waals surface area contributed by atoms with E-state index in [0.29, 0.717) is 23.4 Å². The van der Waals surface area contributed by atoms with Crippen LogP contribution >= 0.6 is 0 Å². The first-order valence-electron chi connectivity index (χ1n) is 10.0. The number of nitrogens with zero attached hydrogens (tertiary/aromatic N) is 6. The highest BCUT2D eigenvalue weighted by Gasteiger charge is 2.17. The van der Waals surface area contributed by atoms with E-state index in [4.69, 9.17) is 21.7 Å². The van der Waals surface area contributed by atoms with Gasteiger partial charge in [-0.25, -0.2) is 15.0 Å². The minimum atomic E-state index is -1.25. The number of fused-ring (bicyclic) bond motifs is 1. The molecule has 0 fully saturated rings. The number of nitrogen functional groups attached to an aromatic ring is 2. The fourth-order valence-corrected chi connectivity index (χ4v) is 3.02. The van der Waals surface area contributed by atoms with E-state index in [0.717, 1.165) is 11.9 Å². The molecule has 3 aromatic rings. The van der Waals surface area contributed by atoms with Gasteiger partial charge in [0.2, 0.25) is 5.95 Å². The number of carbonyl (C=O) groups is 3. The highest BCUT2D eigenvalue weighted by atomic mass is 16.4. The summed E-state index contributed by atoms with van der Waals surface area (Å²) in [6.45, 7) is 0.377. The SMILES string of the molecule is CN(Cc1cnc2nc(N)nc(N)c2n1)c1ccc(C(=O)N=CC(CCC(=O)O)C(=O)O)cc1. The van der Waals surface area contributed by atoms with Gasteiger partial charge in [0.25, 0.3) is 5.91 Å². The molecule has 0 bridgehead atoms. The molecule has 3 rings (SSSR count). The van der Waals surface area contributed by atoms with Gasteiger partial charge in [-0.1, -0.05) is 0 Å². The summed E-state index contributed by atoms with van der Waals surface area (Å²) in [7, 11) is 1.82. The molecule has 0 aliphatic rings. The Labute approximate surface area is 193 Å². The van der Waals surface area contributed by atoms with Gasteiger partial charge in [-0.05, 0) is 30.7 Å². The Morgan fingerprint density at radius 2 is 1.82 bits per heavy atom. The van der Waals surface area contributed by atoms with Crippen molar-refractivity contribution in [2.24, 2.45) is 10.9 Å². The topological polar surface area (TPSA) is 211 Å². The van der Waals surface area contributed by atoms with Crippen molar-refractivity contribution in [2.75, 3.05) is 23.4 Å². The largest absolute Gasteiger partial charge is 0.481 e. The highest BCUT2D eigenvalue weighted by molar-refractivity contribution is 6.02. The number of carbonyl (C=O) groups excluding carboxylic acids is 1. The lowest BCUT2D eigenvalue weighted by Gasteiger charge is -2.19. The molecule has 0 radical (unpaired) electrons. The van der Waals surface area contributed by atoms with E-state index < -0.39 is 23.8 Å². The van der Waals surface area contributed by atoms with Gasteiger partial charge >= 0.3 is 11.9 Å². The maximum absolute atomic E-state index is 12.3. The third-order valence-corrected chi connectivity index (χ3v) is 4.81. The van der Waals surface area contributed by atoms with E-state index in [1.165, 1.54) is 0 Å². The van der Waals surface area contributed by atoms with Crippen LogP contribution in [0.25, 0.3) is 11.2 Å². The van der Waals surface area contributed by atoms with Crippen LogP contribution in [0.1, 0.15) is 28.9 Å². The maximum Gasteiger partial charge on any atom is 0.311 e. The number of carboxylic acids is 2. The Hall–Kier alpha value is -4.68. The normalized spacial score (nSPS) is 12.0. The third kappa shape index (κ3) is 5.97. The zero-order chi connectivity index (χ0) is 24.8. The third-order valence-electron chi connectivity index (χ3n) is 4.81. The van der Waals surface area contributed by atoms with Gasteiger partial charge in [0.05, 0.1) is 24.4 Å². The van der Waals surface area contributed by atoms with Crippen LogP contribution in [0.5, 0.6) is 0 Å². The van der Waals surface area contributed by atoms with Crippen LogP contribution < -0.4 is 16.4 Å². The number of hydrogen-bond donors (Lipinski definition) is 4. The Morgan fingerprint density at radius 1 is 1.12 bits per heavy atom. The second kappa shape index (κ2) is 10.3. The lowest BCUT2D eigenvalue weighted by molar-refractivity contribution is -0.140. The summed E-state index contributed by atoms with van der Waals surface area (Å²) in [4.78, 5) is 56.2. The Balaban J connectivity index is 1.67. The predicted molar refractivity (Wildman–Crippen MR) is 123 cm³/mol. The Morgan fingerprint density at radius 3 is 2.47 bits per heavy atom. The van der Waals surface area contributed by atoms with Crippen molar-refractivity contribution in [3.8, 4) is 0 Å². The number of nitrogens with two attached hydrogens (primary N) is 2.